The summed E-state index contributed by atoms with van der Waals surface area (Å²) in [5.74, 6) is -1.39. The molecule has 0 bridgehead atoms. The zero-order chi connectivity index (χ0) is 32.2. The average Bonchev–Trinajstić information content (AvgIpc) is 3.54. The minimum atomic E-state index is -5.24. The third-order valence-corrected chi connectivity index (χ3v) is 7.53. The van der Waals surface area contributed by atoms with Crippen LogP contribution in [-0.4, -0.2) is 59.4 Å². The summed E-state index contributed by atoms with van der Waals surface area (Å²) < 4.78 is 122. The van der Waals surface area contributed by atoms with Crippen molar-refractivity contribution in [2.75, 3.05) is 19.8 Å². The Bertz CT molecular complexity index is 1670. The van der Waals surface area contributed by atoms with E-state index in [0.29, 0.717) is 12.1 Å². The van der Waals surface area contributed by atoms with E-state index in [9.17, 15) is 49.1 Å². The fraction of sp³-hybridized carbons (Fsp3) is 0.321. The molecule has 0 saturated carbocycles. The van der Waals surface area contributed by atoms with Crippen molar-refractivity contribution >= 4 is 39.9 Å². The molecule has 2 aliphatic heterocycles. The highest BCUT2D eigenvalue weighted by molar-refractivity contribution is 6.30. The fourth-order valence-corrected chi connectivity index (χ4v) is 5.37. The summed E-state index contributed by atoms with van der Waals surface area (Å²) in [6.07, 6.45) is -17.0. The van der Waals surface area contributed by atoms with Crippen LogP contribution in [0.15, 0.2) is 59.8 Å². The number of nitrogens with zero attached hydrogens (tertiary/aromatic N) is 3. The van der Waals surface area contributed by atoms with Crippen LogP contribution in [0.1, 0.15) is 39.9 Å². The Kier molecular flexibility index (Phi) is 7.75. The van der Waals surface area contributed by atoms with E-state index < -0.39 is 84.7 Å². The first-order valence-electron chi connectivity index (χ1n) is 12.8. The molecule has 0 spiro atoms. The van der Waals surface area contributed by atoms with Crippen LogP contribution in [0.3, 0.4) is 0 Å². The van der Waals surface area contributed by atoms with Crippen molar-refractivity contribution in [2.45, 2.75) is 37.0 Å². The zero-order valence-electron chi connectivity index (χ0n) is 22.1. The van der Waals surface area contributed by atoms with Gasteiger partial charge in [0.25, 0.3) is 11.5 Å². The van der Waals surface area contributed by atoms with Crippen LogP contribution in [0.5, 0.6) is 0 Å². The van der Waals surface area contributed by atoms with Gasteiger partial charge in [-0.25, -0.2) is 0 Å². The van der Waals surface area contributed by atoms with Crippen LogP contribution in [0, 0.1) is 0 Å². The highest BCUT2D eigenvalue weighted by Crippen LogP contribution is 2.50. The number of alkyl halides is 9. The van der Waals surface area contributed by atoms with Gasteiger partial charge in [0, 0.05) is 34.7 Å². The molecule has 234 valence electrons. The van der Waals surface area contributed by atoms with Gasteiger partial charge in [0.15, 0.2) is 0 Å². The van der Waals surface area contributed by atoms with Crippen LogP contribution < -0.4 is 0 Å². The van der Waals surface area contributed by atoms with Crippen molar-refractivity contribution in [3.05, 3.63) is 81.9 Å². The number of oxime groups is 1. The lowest BCUT2D eigenvalue weighted by Crippen LogP contribution is -2.43. The standard InChI is InChI=1S/C28H19ClF9N3O3/c29-17-10-15(9-16(11-17)27(33,34)35)25(28(36,37)38)12-22(39-44-25)20-5-6-21(19-4-2-1-3-18(19)20)24(43)41-13-23(42)40(14-41)8-7-26(30,31)32/h1-6,9-11H,7-8,12-14H2. The van der Waals surface area contributed by atoms with Gasteiger partial charge in [-0.05, 0) is 35.0 Å². The molecule has 16 heteroatoms. The molecule has 3 aromatic carbocycles. The smallest absolute Gasteiger partial charge is 0.374 e. The number of halogens is 10. The van der Waals surface area contributed by atoms with E-state index in [4.69, 9.17) is 16.4 Å². The molecular formula is C28H19ClF9N3O3. The summed E-state index contributed by atoms with van der Waals surface area (Å²) >= 11 is 5.76. The summed E-state index contributed by atoms with van der Waals surface area (Å²) in [7, 11) is 0. The molecule has 0 aromatic heterocycles. The maximum atomic E-state index is 14.5. The van der Waals surface area contributed by atoms with Gasteiger partial charge < -0.3 is 14.6 Å². The van der Waals surface area contributed by atoms with Crippen molar-refractivity contribution in [1.82, 2.24) is 9.80 Å². The molecule has 1 fully saturated rings. The summed E-state index contributed by atoms with van der Waals surface area (Å²) in [5.41, 5.74) is -5.80. The van der Waals surface area contributed by atoms with Crippen molar-refractivity contribution in [3.63, 3.8) is 0 Å². The molecule has 2 heterocycles. The lowest BCUT2D eigenvalue weighted by molar-refractivity contribution is -0.276. The molecular weight excluding hydrogens is 633 g/mol. The van der Waals surface area contributed by atoms with Gasteiger partial charge in [0.1, 0.15) is 6.54 Å². The largest absolute Gasteiger partial charge is 0.435 e. The van der Waals surface area contributed by atoms with E-state index in [1.54, 1.807) is 0 Å². The first-order valence-corrected chi connectivity index (χ1v) is 13.1. The maximum Gasteiger partial charge on any atom is 0.435 e. The number of hydrogen-bond donors (Lipinski definition) is 0. The van der Waals surface area contributed by atoms with Crippen LogP contribution in [0.25, 0.3) is 10.8 Å². The van der Waals surface area contributed by atoms with E-state index in [2.05, 4.69) is 5.16 Å². The molecule has 44 heavy (non-hydrogen) atoms. The molecule has 0 radical (unpaired) electrons. The second-order valence-electron chi connectivity index (χ2n) is 10.2. The zero-order valence-corrected chi connectivity index (χ0v) is 22.8. The topological polar surface area (TPSA) is 62.2 Å². The second kappa shape index (κ2) is 10.9. The maximum absolute atomic E-state index is 14.5. The summed E-state index contributed by atoms with van der Waals surface area (Å²) in [6, 6.07) is 10.1. The highest BCUT2D eigenvalue weighted by atomic mass is 35.5. The third kappa shape index (κ3) is 5.88. The summed E-state index contributed by atoms with van der Waals surface area (Å²) in [6.45, 7) is -1.50. The Morgan fingerprint density at radius 2 is 1.64 bits per heavy atom. The molecule has 2 amide bonds. The van der Waals surface area contributed by atoms with Gasteiger partial charge in [0.05, 0.1) is 24.4 Å². The van der Waals surface area contributed by atoms with Gasteiger partial charge in [-0.15, -0.1) is 0 Å². The van der Waals surface area contributed by atoms with E-state index in [1.807, 2.05) is 0 Å². The van der Waals surface area contributed by atoms with E-state index in [0.717, 1.165) is 15.9 Å². The first-order chi connectivity index (χ1) is 20.4. The Balaban J connectivity index is 1.48. The van der Waals surface area contributed by atoms with Crippen molar-refractivity contribution in [3.8, 4) is 0 Å². The van der Waals surface area contributed by atoms with E-state index in [1.165, 1.54) is 36.4 Å². The monoisotopic (exact) mass is 651 g/mol. The van der Waals surface area contributed by atoms with Crippen molar-refractivity contribution in [2.24, 2.45) is 5.16 Å². The van der Waals surface area contributed by atoms with E-state index in [-0.39, 0.29) is 27.6 Å². The van der Waals surface area contributed by atoms with Gasteiger partial charge >= 0.3 is 18.5 Å². The molecule has 2 aliphatic rings. The van der Waals surface area contributed by atoms with Gasteiger partial charge in [-0.2, -0.15) is 39.5 Å². The Hall–Kier alpha value is -4.01. The summed E-state index contributed by atoms with van der Waals surface area (Å²) in [5, 5.41) is 3.49. The lowest BCUT2D eigenvalue weighted by Gasteiger charge is -2.30. The lowest BCUT2D eigenvalue weighted by atomic mass is 9.84. The molecule has 1 saturated heterocycles. The number of fused-ring (bicyclic) bond motifs is 1. The second-order valence-corrected chi connectivity index (χ2v) is 10.7. The van der Waals surface area contributed by atoms with Crippen LogP contribution in [0.4, 0.5) is 39.5 Å². The number of hydrogen-bond acceptors (Lipinski definition) is 4. The fourth-order valence-electron chi connectivity index (χ4n) is 5.13. The molecule has 1 atom stereocenters. The van der Waals surface area contributed by atoms with Crippen molar-refractivity contribution in [1.29, 1.82) is 0 Å². The first kappa shape index (κ1) is 31.4. The van der Waals surface area contributed by atoms with E-state index >= 15 is 0 Å². The predicted molar refractivity (Wildman–Crippen MR) is 139 cm³/mol. The average molecular weight is 652 g/mol. The van der Waals surface area contributed by atoms with Gasteiger partial charge in [-0.3, -0.25) is 9.59 Å². The molecule has 0 N–H and O–H groups in total. The molecule has 6 nitrogen and oxygen atoms in total. The van der Waals surface area contributed by atoms with Gasteiger partial charge in [0.2, 0.25) is 5.91 Å². The normalized spacial score (nSPS) is 19.5. The minimum absolute atomic E-state index is 0.0149. The van der Waals surface area contributed by atoms with Crippen LogP contribution >= 0.6 is 11.6 Å². The van der Waals surface area contributed by atoms with Crippen LogP contribution in [-0.2, 0) is 21.4 Å². The molecule has 5 rings (SSSR count). The quantitative estimate of drug-likeness (QED) is 0.272. The molecule has 3 aromatic rings. The Morgan fingerprint density at radius 3 is 2.27 bits per heavy atom. The Labute approximate surface area is 247 Å². The minimum Gasteiger partial charge on any atom is -0.374 e. The Morgan fingerprint density at radius 1 is 0.955 bits per heavy atom. The van der Waals surface area contributed by atoms with Gasteiger partial charge in [-0.1, -0.05) is 47.1 Å². The number of carbonyl (C=O) groups excluding carboxylic acids is 2. The molecule has 0 aliphatic carbocycles. The van der Waals surface area contributed by atoms with Crippen LogP contribution in [0.2, 0.25) is 5.02 Å². The number of benzene rings is 3. The predicted octanol–water partition coefficient (Wildman–Crippen LogP) is 7.29. The SMILES string of the molecule is O=C1CN(C(=O)c2ccc(C3=NOC(c4cc(Cl)cc(C(F)(F)F)c4)(C(F)(F)F)C3)c3ccccc23)CN1CCC(F)(F)F. The number of amides is 2. The molecule has 1 unspecified atom stereocenters. The van der Waals surface area contributed by atoms with Crippen molar-refractivity contribution < 1.29 is 53.9 Å². The highest BCUT2D eigenvalue weighted by Gasteiger charge is 2.62. The number of carbonyl (C=O) groups is 2. The number of rotatable bonds is 5. The third-order valence-electron chi connectivity index (χ3n) is 7.32. The summed E-state index contributed by atoms with van der Waals surface area (Å²) in [4.78, 5) is 32.5.